The first kappa shape index (κ1) is 14.6. The lowest BCUT2D eigenvalue weighted by molar-refractivity contribution is 0.795. The van der Waals surface area contributed by atoms with Gasteiger partial charge in [-0.1, -0.05) is 84.6 Å². The average molecular weight is 307 g/mol. The van der Waals surface area contributed by atoms with Crippen molar-refractivity contribution in [1.82, 2.24) is 14.8 Å². The summed E-state index contributed by atoms with van der Waals surface area (Å²) in [4.78, 5) is 0. The Morgan fingerprint density at radius 2 is 1.64 bits per heavy atom. The van der Waals surface area contributed by atoms with E-state index in [0.717, 1.165) is 22.3 Å². The number of nitrogens with zero attached hydrogens (tertiary/aromatic N) is 3. The molecule has 1 aromatic heterocycles. The first-order valence-corrected chi connectivity index (χ1v) is 8.12. The highest BCUT2D eigenvalue weighted by Gasteiger charge is 2.09. The Morgan fingerprint density at radius 3 is 2.36 bits per heavy atom. The van der Waals surface area contributed by atoms with E-state index in [1.165, 1.54) is 5.56 Å². The van der Waals surface area contributed by atoms with Gasteiger partial charge >= 0.3 is 0 Å². The minimum atomic E-state index is 0.871. The molecule has 0 bridgehead atoms. The van der Waals surface area contributed by atoms with E-state index >= 15 is 0 Å². The van der Waals surface area contributed by atoms with Crippen LogP contribution in [0.4, 0.5) is 0 Å². The van der Waals surface area contributed by atoms with Crippen LogP contribution in [0, 0.1) is 0 Å². The van der Waals surface area contributed by atoms with Gasteiger partial charge < -0.3 is 4.57 Å². The molecule has 0 spiro atoms. The van der Waals surface area contributed by atoms with Crippen molar-refractivity contribution < 1.29 is 0 Å². The summed E-state index contributed by atoms with van der Waals surface area (Å²) in [7, 11) is 2.01. The van der Waals surface area contributed by atoms with E-state index in [2.05, 4.69) is 34.5 Å². The fourth-order valence-electron chi connectivity index (χ4n) is 2.15. The van der Waals surface area contributed by atoms with Gasteiger partial charge in [0.2, 0.25) is 0 Å². The molecule has 1 heterocycles. The monoisotopic (exact) mass is 307 g/mol. The number of benzene rings is 2. The van der Waals surface area contributed by atoms with Crippen LogP contribution in [0.25, 0.3) is 17.5 Å². The van der Waals surface area contributed by atoms with Crippen molar-refractivity contribution in [2.24, 2.45) is 7.05 Å². The van der Waals surface area contributed by atoms with E-state index in [4.69, 9.17) is 0 Å². The molecule has 0 amide bonds. The van der Waals surface area contributed by atoms with Crippen LogP contribution in [0.3, 0.4) is 0 Å². The molecule has 0 unspecified atom stereocenters. The van der Waals surface area contributed by atoms with E-state index in [0.29, 0.717) is 0 Å². The van der Waals surface area contributed by atoms with Crippen molar-refractivity contribution in [2.75, 3.05) is 5.75 Å². The average Bonchev–Trinajstić information content (AvgIpc) is 2.94. The molecule has 3 nitrogen and oxygen atoms in total. The van der Waals surface area contributed by atoms with Gasteiger partial charge in [0.15, 0.2) is 11.0 Å². The molecule has 3 rings (SSSR count). The summed E-state index contributed by atoms with van der Waals surface area (Å²) >= 11 is 1.68. The third-order valence-corrected chi connectivity index (χ3v) is 4.26. The topological polar surface area (TPSA) is 30.7 Å². The molecule has 0 aliphatic rings. The predicted molar refractivity (Wildman–Crippen MR) is 92.6 cm³/mol. The molecule has 0 N–H and O–H groups in total. The van der Waals surface area contributed by atoms with E-state index in [9.17, 15) is 0 Å². The quantitative estimate of drug-likeness (QED) is 0.659. The predicted octanol–water partition coefficient (Wildman–Crippen LogP) is 4.29. The van der Waals surface area contributed by atoms with Gasteiger partial charge in [0.25, 0.3) is 0 Å². The Morgan fingerprint density at radius 1 is 0.955 bits per heavy atom. The molecule has 0 fully saturated rings. The van der Waals surface area contributed by atoms with Crippen LogP contribution in [0.15, 0.2) is 71.9 Å². The molecular weight excluding hydrogens is 290 g/mol. The molecule has 0 saturated heterocycles. The maximum atomic E-state index is 4.29. The highest BCUT2D eigenvalue weighted by Crippen LogP contribution is 2.22. The Hall–Kier alpha value is -2.33. The van der Waals surface area contributed by atoms with E-state index in [1.54, 1.807) is 11.8 Å². The van der Waals surface area contributed by atoms with Crippen molar-refractivity contribution in [3.63, 3.8) is 0 Å². The van der Waals surface area contributed by atoms with Crippen LogP contribution in [0.1, 0.15) is 5.56 Å². The molecule has 2 aromatic carbocycles. The van der Waals surface area contributed by atoms with Crippen molar-refractivity contribution in [2.45, 2.75) is 5.16 Å². The van der Waals surface area contributed by atoms with Crippen LogP contribution >= 0.6 is 11.8 Å². The van der Waals surface area contributed by atoms with Crippen molar-refractivity contribution >= 4 is 17.8 Å². The first-order chi connectivity index (χ1) is 10.8. The van der Waals surface area contributed by atoms with Crippen molar-refractivity contribution in [3.8, 4) is 11.4 Å². The number of hydrogen-bond acceptors (Lipinski definition) is 3. The van der Waals surface area contributed by atoms with Gasteiger partial charge in [-0.15, -0.1) is 10.2 Å². The van der Waals surface area contributed by atoms with Gasteiger partial charge in [-0.2, -0.15) is 0 Å². The fourth-order valence-corrected chi connectivity index (χ4v) is 2.87. The van der Waals surface area contributed by atoms with Gasteiger partial charge in [-0.25, -0.2) is 0 Å². The minimum absolute atomic E-state index is 0.871. The molecule has 0 aliphatic carbocycles. The Labute approximate surface area is 134 Å². The zero-order chi connectivity index (χ0) is 15.2. The largest absolute Gasteiger partial charge is 0.305 e. The fraction of sp³-hybridized carbons (Fsp3) is 0.111. The Bertz CT molecular complexity index is 749. The lowest BCUT2D eigenvalue weighted by Crippen LogP contribution is -1.94. The van der Waals surface area contributed by atoms with Crippen LogP contribution in [-0.2, 0) is 7.05 Å². The summed E-state index contributed by atoms with van der Waals surface area (Å²) < 4.78 is 2.04. The van der Waals surface area contributed by atoms with E-state index in [-0.39, 0.29) is 0 Å². The normalized spacial score (nSPS) is 11.1. The van der Waals surface area contributed by atoms with Crippen molar-refractivity contribution in [3.05, 3.63) is 72.3 Å². The third-order valence-electron chi connectivity index (χ3n) is 3.29. The number of hydrogen-bond donors (Lipinski definition) is 0. The smallest absolute Gasteiger partial charge is 0.191 e. The minimum Gasteiger partial charge on any atom is -0.305 e. The molecule has 4 heteroatoms. The summed E-state index contributed by atoms with van der Waals surface area (Å²) in [5, 5.41) is 9.50. The molecule has 3 aromatic rings. The lowest BCUT2D eigenvalue weighted by Gasteiger charge is -2.02. The Kier molecular flexibility index (Phi) is 4.71. The number of aromatic nitrogens is 3. The van der Waals surface area contributed by atoms with Crippen LogP contribution in [-0.4, -0.2) is 20.5 Å². The van der Waals surface area contributed by atoms with Crippen LogP contribution < -0.4 is 0 Å². The summed E-state index contributed by atoms with van der Waals surface area (Å²) in [6.07, 6.45) is 4.28. The van der Waals surface area contributed by atoms with Crippen molar-refractivity contribution in [1.29, 1.82) is 0 Å². The number of thioether (sulfide) groups is 1. The van der Waals surface area contributed by atoms with Gasteiger partial charge in [0.05, 0.1) is 0 Å². The summed E-state index contributed by atoms with van der Waals surface area (Å²) in [6.45, 7) is 0. The second-order valence-electron chi connectivity index (χ2n) is 4.86. The summed E-state index contributed by atoms with van der Waals surface area (Å²) in [5.41, 5.74) is 2.30. The molecule has 22 heavy (non-hydrogen) atoms. The molecule has 0 atom stereocenters. The summed E-state index contributed by atoms with van der Waals surface area (Å²) in [5.74, 6) is 1.77. The SMILES string of the molecule is Cn1c(SCC=Cc2ccccc2)nnc1-c1ccccc1. The van der Waals surface area contributed by atoms with Gasteiger partial charge in [0, 0.05) is 18.4 Å². The highest BCUT2D eigenvalue weighted by molar-refractivity contribution is 7.99. The van der Waals surface area contributed by atoms with E-state index < -0.39 is 0 Å². The van der Waals surface area contributed by atoms with Gasteiger partial charge in [-0.3, -0.25) is 0 Å². The first-order valence-electron chi connectivity index (χ1n) is 7.14. The standard InChI is InChI=1S/C18H17N3S/c1-21-17(16-12-6-3-7-13-16)19-20-18(21)22-14-8-11-15-9-4-2-5-10-15/h2-13H,14H2,1H3. The molecule has 110 valence electrons. The molecular formula is C18H17N3S. The second-order valence-corrected chi connectivity index (χ2v) is 5.84. The molecule has 0 aliphatic heterocycles. The highest BCUT2D eigenvalue weighted by atomic mass is 32.2. The van der Waals surface area contributed by atoms with Crippen LogP contribution in [0.5, 0.6) is 0 Å². The summed E-state index contributed by atoms with van der Waals surface area (Å²) in [6, 6.07) is 20.4. The zero-order valence-corrected chi connectivity index (χ0v) is 13.2. The van der Waals surface area contributed by atoms with Gasteiger partial charge in [0.1, 0.15) is 0 Å². The van der Waals surface area contributed by atoms with Crippen LogP contribution in [0.2, 0.25) is 0 Å². The third kappa shape index (κ3) is 3.46. The lowest BCUT2D eigenvalue weighted by atomic mass is 10.2. The van der Waals surface area contributed by atoms with E-state index in [1.807, 2.05) is 60.1 Å². The second kappa shape index (κ2) is 7.09. The molecule has 0 saturated carbocycles. The number of rotatable bonds is 5. The Balaban J connectivity index is 1.65. The maximum Gasteiger partial charge on any atom is 0.191 e. The molecule has 0 radical (unpaired) electrons. The van der Waals surface area contributed by atoms with Gasteiger partial charge in [-0.05, 0) is 5.56 Å². The zero-order valence-electron chi connectivity index (χ0n) is 12.4. The maximum absolute atomic E-state index is 4.29.